The fourth-order valence-corrected chi connectivity index (χ4v) is 3.01. The Morgan fingerprint density at radius 1 is 1.47 bits per heavy atom. The molecule has 0 bridgehead atoms. The summed E-state index contributed by atoms with van der Waals surface area (Å²) in [5.74, 6) is 0. The largest absolute Gasteiger partial charge is 0.398 e. The summed E-state index contributed by atoms with van der Waals surface area (Å²) < 4.78 is 26.6. The number of anilines is 1. The topological polar surface area (TPSA) is 92.1 Å². The van der Waals surface area contributed by atoms with E-state index in [9.17, 15) is 8.42 Å². The molecule has 0 unspecified atom stereocenters. The highest BCUT2D eigenvalue weighted by Crippen LogP contribution is 2.24. The summed E-state index contributed by atoms with van der Waals surface area (Å²) in [6.07, 6.45) is 3.24. The molecule has 6 nitrogen and oxygen atoms in total. The lowest BCUT2D eigenvalue weighted by molar-refractivity contribution is 0.467. The maximum absolute atomic E-state index is 12.3. The highest BCUT2D eigenvalue weighted by atomic mass is 79.9. The van der Waals surface area contributed by atoms with Crippen LogP contribution < -0.4 is 5.73 Å². The average molecular weight is 345 g/mol. The van der Waals surface area contributed by atoms with Crippen LogP contribution in [-0.4, -0.2) is 30.0 Å². The van der Waals surface area contributed by atoms with Crippen molar-refractivity contribution in [3.8, 4) is 0 Å². The van der Waals surface area contributed by atoms with Gasteiger partial charge < -0.3 is 5.73 Å². The number of aromatic nitrogens is 2. The highest BCUT2D eigenvalue weighted by molar-refractivity contribution is 9.10. The smallest absolute Gasteiger partial charge is 0.243 e. The van der Waals surface area contributed by atoms with Gasteiger partial charge in [-0.15, -0.1) is 0 Å². The molecule has 1 aromatic heterocycles. The lowest BCUT2D eigenvalue weighted by Gasteiger charge is -2.16. The van der Waals surface area contributed by atoms with Gasteiger partial charge in [0.1, 0.15) is 0 Å². The van der Waals surface area contributed by atoms with Crippen molar-refractivity contribution in [2.24, 2.45) is 0 Å². The van der Waals surface area contributed by atoms with Gasteiger partial charge in [-0.05, 0) is 34.1 Å². The Hall–Kier alpha value is -1.38. The van der Waals surface area contributed by atoms with Crippen LogP contribution >= 0.6 is 15.9 Å². The number of hydrogen-bond donors (Lipinski definition) is 2. The molecule has 0 fully saturated rings. The SMILES string of the molecule is CN(Cc1cn[nH]c1)S(=O)(=O)c1ccc(Br)c(N)c1. The molecule has 102 valence electrons. The number of rotatable bonds is 4. The van der Waals surface area contributed by atoms with Gasteiger partial charge >= 0.3 is 0 Å². The molecular formula is C11H13BrN4O2S. The van der Waals surface area contributed by atoms with Gasteiger partial charge in [0, 0.05) is 35.5 Å². The van der Waals surface area contributed by atoms with Crippen molar-refractivity contribution in [3.05, 3.63) is 40.6 Å². The van der Waals surface area contributed by atoms with E-state index in [0.717, 1.165) is 5.56 Å². The summed E-state index contributed by atoms with van der Waals surface area (Å²) in [5.41, 5.74) is 6.88. The molecule has 19 heavy (non-hydrogen) atoms. The second kappa shape index (κ2) is 5.32. The van der Waals surface area contributed by atoms with Crippen molar-refractivity contribution in [2.45, 2.75) is 11.4 Å². The van der Waals surface area contributed by atoms with Gasteiger partial charge in [0.25, 0.3) is 0 Å². The molecule has 2 aromatic rings. The number of nitrogens with zero attached hydrogens (tertiary/aromatic N) is 2. The number of hydrogen-bond acceptors (Lipinski definition) is 4. The predicted molar refractivity (Wildman–Crippen MR) is 75.8 cm³/mol. The second-order valence-corrected chi connectivity index (χ2v) is 6.95. The van der Waals surface area contributed by atoms with Crippen LogP contribution in [-0.2, 0) is 16.6 Å². The number of nitrogens with one attached hydrogen (secondary N) is 1. The summed E-state index contributed by atoms with van der Waals surface area (Å²) in [7, 11) is -2.05. The monoisotopic (exact) mass is 344 g/mol. The number of halogens is 1. The maximum atomic E-state index is 12.3. The molecule has 0 aliphatic rings. The third-order valence-corrected chi connectivity index (χ3v) is 5.16. The van der Waals surface area contributed by atoms with E-state index in [1.807, 2.05) is 0 Å². The van der Waals surface area contributed by atoms with Crippen LogP contribution in [0.5, 0.6) is 0 Å². The van der Waals surface area contributed by atoms with Gasteiger partial charge in [-0.1, -0.05) is 0 Å². The van der Waals surface area contributed by atoms with Crippen molar-refractivity contribution in [2.75, 3.05) is 12.8 Å². The minimum absolute atomic E-state index is 0.166. The van der Waals surface area contributed by atoms with Crippen molar-refractivity contribution in [1.29, 1.82) is 0 Å². The van der Waals surface area contributed by atoms with E-state index in [1.54, 1.807) is 18.5 Å². The van der Waals surface area contributed by atoms with E-state index in [1.165, 1.54) is 23.5 Å². The van der Waals surface area contributed by atoms with E-state index in [-0.39, 0.29) is 11.4 Å². The minimum Gasteiger partial charge on any atom is -0.398 e. The molecule has 0 amide bonds. The van der Waals surface area contributed by atoms with Crippen LogP contribution in [0.4, 0.5) is 5.69 Å². The van der Waals surface area contributed by atoms with Gasteiger partial charge in [0.05, 0.1) is 11.1 Å². The molecule has 2 rings (SSSR count). The first-order chi connectivity index (χ1) is 8.91. The van der Waals surface area contributed by atoms with Gasteiger partial charge in [-0.25, -0.2) is 8.42 Å². The number of benzene rings is 1. The molecule has 0 aliphatic heterocycles. The lowest BCUT2D eigenvalue weighted by atomic mass is 10.3. The number of nitrogens with two attached hydrogens (primary N) is 1. The van der Waals surface area contributed by atoms with Crippen LogP contribution in [0.3, 0.4) is 0 Å². The van der Waals surface area contributed by atoms with E-state index in [2.05, 4.69) is 26.1 Å². The maximum Gasteiger partial charge on any atom is 0.243 e. The molecule has 0 atom stereocenters. The molecule has 0 saturated carbocycles. The Kier molecular flexibility index (Phi) is 3.93. The Balaban J connectivity index is 2.28. The van der Waals surface area contributed by atoms with E-state index >= 15 is 0 Å². The van der Waals surface area contributed by atoms with Gasteiger partial charge in [0.15, 0.2) is 0 Å². The molecular weight excluding hydrogens is 332 g/mol. The molecule has 1 heterocycles. The zero-order valence-corrected chi connectivity index (χ0v) is 12.6. The van der Waals surface area contributed by atoms with Crippen LogP contribution in [0.2, 0.25) is 0 Å². The first kappa shape index (κ1) is 14.0. The highest BCUT2D eigenvalue weighted by Gasteiger charge is 2.21. The first-order valence-electron chi connectivity index (χ1n) is 5.40. The van der Waals surface area contributed by atoms with Crippen LogP contribution in [0.1, 0.15) is 5.56 Å². The summed E-state index contributed by atoms with van der Waals surface area (Å²) >= 11 is 3.24. The Bertz CT molecular complexity index is 670. The van der Waals surface area contributed by atoms with E-state index < -0.39 is 10.0 Å². The zero-order chi connectivity index (χ0) is 14.0. The molecule has 3 N–H and O–H groups in total. The Morgan fingerprint density at radius 2 is 2.21 bits per heavy atom. The molecule has 8 heteroatoms. The zero-order valence-electron chi connectivity index (χ0n) is 10.2. The van der Waals surface area contributed by atoms with Crippen molar-refractivity contribution >= 4 is 31.6 Å². The molecule has 1 aromatic carbocycles. The van der Waals surface area contributed by atoms with E-state index in [0.29, 0.717) is 10.2 Å². The lowest BCUT2D eigenvalue weighted by Crippen LogP contribution is -2.26. The number of sulfonamides is 1. The van der Waals surface area contributed by atoms with Gasteiger partial charge in [-0.3, -0.25) is 5.10 Å². The van der Waals surface area contributed by atoms with Crippen molar-refractivity contribution < 1.29 is 8.42 Å². The summed E-state index contributed by atoms with van der Waals surface area (Å²) in [4.78, 5) is 0.166. The quantitative estimate of drug-likeness (QED) is 0.823. The van der Waals surface area contributed by atoms with Crippen LogP contribution in [0.25, 0.3) is 0 Å². The predicted octanol–water partition coefficient (Wildman–Crippen LogP) is 1.58. The van der Waals surface area contributed by atoms with Crippen molar-refractivity contribution in [3.63, 3.8) is 0 Å². The standard InChI is InChI=1S/C11H13BrN4O2S/c1-16(7-8-5-14-15-6-8)19(17,18)9-2-3-10(12)11(13)4-9/h2-6H,7,13H2,1H3,(H,14,15). The molecule has 0 radical (unpaired) electrons. The number of H-pyrrole nitrogens is 1. The molecule has 0 spiro atoms. The minimum atomic E-state index is -3.56. The van der Waals surface area contributed by atoms with Crippen LogP contribution in [0.15, 0.2) is 40.0 Å². The fourth-order valence-electron chi connectivity index (χ4n) is 1.57. The number of aromatic amines is 1. The number of nitrogen functional groups attached to an aromatic ring is 1. The molecule has 0 saturated heterocycles. The first-order valence-corrected chi connectivity index (χ1v) is 7.63. The van der Waals surface area contributed by atoms with E-state index in [4.69, 9.17) is 5.73 Å². The molecule has 0 aliphatic carbocycles. The summed E-state index contributed by atoms with van der Waals surface area (Å²) in [6.45, 7) is 0.245. The third-order valence-electron chi connectivity index (χ3n) is 2.64. The van der Waals surface area contributed by atoms with Crippen molar-refractivity contribution in [1.82, 2.24) is 14.5 Å². The Morgan fingerprint density at radius 3 is 2.79 bits per heavy atom. The van der Waals surface area contributed by atoms with Gasteiger partial charge in [-0.2, -0.15) is 9.40 Å². The third kappa shape index (κ3) is 2.96. The summed E-state index contributed by atoms with van der Waals surface area (Å²) in [6, 6.07) is 4.57. The normalized spacial score (nSPS) is 11.9. The van der Waals surface area contributed by atoms with Gasteiger partial charge in [0.2, 0.25) is 10.0 Å². The average Bonchev–Trinajstić information content (AvgIpc) is 2.85. The van der Waals surface area contributed by atoms with Crippen LogP contribution in [0, 0.1) is 0 Å². The Labute approximate surface area is 119 Å². The second-order valence-electron chi connectivity index (χ2n) is 4.05. The summed E-state index contributed by atoms with van der Waals surface area (Å²) in [5, 5.41) is 6.43. The fraction of sp³-hybridized carbons (Fsp3) is 0.182.